The Labute approximate surface area is 113 Å². The van der Waals surface area contributed by atoms with Crippen molar-refractivity contribution in [3.63, 3.8) is 0 Å². The van der Waals surface area contributed by atoms with Crippen LogP contribution in [0.3, 0.4) is 0 Å². The van der Waals surface area contributed by atoms with Gasteiger partial charge in [-0.25, -0.2) is 0 Å². The van der Waals surface area contributed by atoms with Crippen LogP contribution in [-0.4, -0.2) is 30.8 Å². The molecule has 19 heavy (non-hydrogen) atoms. The van der Waals surface area contributed by atoms with Gasteiger partial charge in [-0.1, -0.05) is 13.8 Å². The van der Waals surface area contributed by atoms with E-state index in [1.165, 1.54) is 0 Å². The third-order valence-electron chi connectivity index (χ3n) is 2.86. The Bertz CT molecular complexity index is 433. The molecule has 0 heterocycles. The van der Waals surface area contributed by atoms with Gasteiger partial charge in [0.15, 0.2) is 0 Å². The van der Waals surface area contributed by atoms with Gasteiger partial charge in [0, 0.05) is 18.3 Å². The summed E-state index contributed by atoms with van der Waals surface area (Å²) in [4.78, 5) is 10.5. The fourth-order valence-electron chi connectivity index (χ4n) is 1.84. The number of carboxylic acids is 1. The third-order valence-corrected chi connectivity index (χ3v) is 2.86. The highest BCUT2D eigenvalue weighted by Crippen LogP contribution is 2.29. The normalized spacial score (nSPS) is 12.3. The van der Waals surface area contributed by atoms with E-state index >= 15 is 0 Å². The summed E-state index contributed by atoms with van der Waals surface area (Å²) < 4.78 is 5.31. The minimum absolute atomic E-state index is 0.0415. The van der Waals surface area contributed by atoms with Gasteiger partial charge >= 0.3 is 5.97 Å². The number of rotatable bonds is 7. The minimum Gasteiger partial charge on any atom is -0.496 e. The van der Waals surface area contributed by atoms with E-state index in [1.807, 2.05) is 18.2 Å². The molecule has 0 bridgehead atoms. The predicted octanol–water partition coefficient (Wildman–Crippen LogP) is 2.03. The van der Waals surface area contributed by atoms with Crippen molar-refractivity contribution in [2.24, 2.45) is 5.73 Å². The minimum atomic E-state index is -0.882. The second-order valence-corrected chi connectivity index (χ2v) is 4.85. The highest BCUT2D eigenvalue weighted by Gasteiger charge is 2.10. The van der Waals surface area contributed by atoms with Crippen LogP contribution < -0.4 is 15.8 Å². The first kappa shape index (κ1) is 15.3. The van der Waals surface area contributed by atoms with E-state index in [0.717, 1.165) is 17.0 Å². The molecule has 106 valence electrons. The third kappa shape index (κ3) is 4.79. The Hall–Kier alpha value is -1.75. The lowest BCUT2D eigenvalue weighted by molar-refractivity contribution is -0.137. The van der Waals surface area contributed by atoms with Crippen molar-refractivity contribution in [1.29, 1.82) is 0 Å². The standard InChI is InChI=1S/C14H22N2O3/c1-9(2)12-7-11(4-5-13(12)19-3)16-8-10(15)6-14(17)18/h4-5,7,9-10,16H,6,8,15H2,1-3H3,(H,17,18). The molecule has 0 amide bonds. The molecule has 0 spiro atoms. The van der Waals surface area contributed by atoms with Crippen molar-refractivity contribution in [1.82, 2.24) is 0 Å². The monoisotopic (exact) mass is 266 g/mol. The van der Waals surface area contributed by atoms with Gasteiger partial charge in [0.25, 0.3) is 0 Å². The quantitative estimate of drug-likeness (QED) is 0.703. The molecule has 0 aliphatic rings. The van der Waals surface area contributed by atoms with Crippen LogP contribution in [0.1, 0.15) is 31.7 Å². The Morgan fingerprint density at radius 2 is 2.16 bits per heavy atom. The van der Waals surface area contributed by atoms with E-state index in [1.54, 1.807) is 7.11 Å². The van der Waals surface area contributed by atoms with Crippen molar-refractivity contribution < 1.29 is 14.6 Å². The average Bonchev–Trinajstić information content (AvgIpc) is 2.35. The van der Waals surface area contributed by atoms with Crippen LogP contribution in [0.4, 0.5) is 5.69 Å². The van der Waals surface area contributed by atoms with Gasteiger partial charge in [-0.3, -0.25) is 4.79 Å². The van der Waals surface area contributed by atoms with Gasteiger partial charge in [0.1, 0.15) is 5.75 Å². The number of anilines is 1. The zero-order valence-electron chi connectivity index (χ0n) is 11.6. The zero-order chi connectivity index (χ0) is 14.4. The van der Waals surface area contributed by atoms with Crippen LogP contribution >= 0.6 is 0 Å². The van der Waals surface area contributed by atoms with Gasteiger partial charge in [-0.15, -0.1) is 0 Å². The molecule has 4 N–H and O–H groups in total. The summed E-state index contributed by atoms with van der Waals surface area (Å²) in [5.41, 5.74) is 7.74. The summed E-state index contributed by atoms with van der Waals surface area (Å²) in [5.74, 6) is 0.326. The lowest BCUT2D eigenvalue weighted by Gasteiger charge is -2.16. The molecule has 0 fully saturated rings. The molecule has 1 aromatic rings. The molecule has 5 heteroatoms. The van der Waals surface area contributed by atoms with Crippen LogP contribution in [0.5, 0.6) is 5.75 Å². The van der Waals surface area contributed by atoms with Crippen molar-refractivity contribution in [2.75, 3.05) is 19.0 Å². The first-order valence-electron chi connectivity index (χ1n) is 6.33. The summed E-state index contributed by atoms with van der Waals surface area (Å²) in [6.45, 7) is 4.62. The number of benzene rings is 1. The highest BCUT2D eigenvalue weighted by atomic mass is 16.5. The van der Waals surface area contributed by atoms with E-state index in [2.05, 4.69) is 19.2 Å². The van der Waals surface area contributed by atoms with Crippen LogP contribution in [0, 0.1) is 0 Å². The zero-order valence-corrected chi connectivity index (χ0v) is 11.6. The highest BCUT2D eigenvalue weighted by molar-refractivity contribution is 5.67. The number of nitrogens with one attached hydrogen (secondary N) is 1. The molecule has 0 saturated carbocycles. The molecule has 0 saturated heterocycles. The average molecular weight is 266 g/mol. The number of hydrogen-bond donors (Lipinski definition) is 3. The molecular formula is C14H22N2O3. The second kappa shape index (κ2) is 6.99. The molecule has 0 aliphatic heterocycles. The fourth-order valence-corrected chi connectivity index (χ4v) is 1.84. The molecule has 1 rings (SSSR count). The molecule has 1 atom stereocenters. The predicted molar refractivity (Wildman–Crippen MR) is 75.8 cm³/mol. The van der Waals surface area contributed by atoms with Crippen LogP contribution in [0.2, 0.25) is 0 Å². The number of ether oxygens (including phenoxy) is 1. The van der Waals surface area contributed by atoms with E-state index in [9.17, 15) is 4.79 Å². The maximum absolute atomic E-state index is 10.5. The number of carbonyl (C=O) groups is 1. The van der Waals surface area contributed by atoms with Crippen molar-refractivity contribution in [3.05, 3.63) is 23.8 Å². The summed E-state index contributed by atoms with van der Waals surface area (Å²) in [5, 5.41) is 11.8. The largest absolute Gasteiger partial charge is 0.496 e. The topological polar surface area (TPSA) is 84.6 Å². The van der Waals surface area contributed by atoms with Gasteiger partial charge < -0.3 is 20.9 Å². The maximum atomic E-state index is 10.5. The van der Waals surface area contributed by atoms with Gasteiger partial charge in [-0.2, -0.15) is 0 Å². The first-order chi connectivity index (χ1) is 8.93. The van der Waals surface area contributed by atoms with Crippen LogP contribution in [-0.2, 0) is 4.79 Å². The van der Waals surface area contributed by atoms with Crippen molar-refractivity contribution >= 4 is 11.7 Å². The summed E-state index contributed by atoms with van der Waals surface area (Å²) >= 11 is 0. The fraction of sp³-hybridized carbons (Fsp3) is 0.500. The van der Waals surface area contributed by atoms with Gasteiger partial charge in [0.2, 0.25) is 0 Å². The van der Waals surface area contributed by atoms with Crippen molar-refractivity contribution in [2.45, 2.75) is 32.2 Å². The number of nitrogens with two attached hydrogens (primary N) is 1. The molecule has 0 aliphatic carbocycles. The number of aliphatic carboxylic acids is 1. The Morgan fingerprint density at radius 1 is 1.47 bits per heavy atom. The Balaban J connectivity index is 2.69. The summed E-state index contributed by atoms with van der Waals surface area (Å²) in [6.07, 6.45) is -0.0415. The van der Waals surface area contributed by atoms with E-state index in [4.69, 9.17) is 15.6 Å². The molecule has 1 aromatic carbocycles. The summed E-state index contributed by atoms with van der Waals surface area (Å²) in [6, 6.07) is 5.41. The SMILES string of the molecule is COc1ccc(NCC(N)CC(=O)O)cc1C(C)C. The first-order valence-corrected chi connectivity index (χ1v) is 6.33. The van der Waals surface area contributed by atoms with Gasteiger partial charge in [-0.05, 0) is 29.7 Å². The summed E-state index contributed by atoms with van der Waals surface area (Å²) in [7, 11) is 1.65. The Kier molecular flexibility index (Phi) is 5.63. The van der Waals surface area contributed by atoms with E-state index in [-0.39, 0.29) is 6.42 Å². The number of carboxylic acid groups (broad SMARTS) is 1. The Morgan fingerprint density at radius 3 is 2.68 bits per heavy atom. The molecule has 0 radical (unpaired) electrons. The molecular weight excluding hydrogens is 244 g/mol. The molecule has 1 unspecified atom stereocenters. The number of methoxy groups -OCH3 is 1. The maximum Gasteiger partial charge on any atom is 0.304 e. The number of hydrogen-bond acceptors (Lipinski definition) is 4. The lowest BCUT2D eigenvalue weighted by atomic mass is 10.0. The molecule has 0 aromatic heterocycles. The molecule has 5 nitrogen and oxygen atoms in total. The van der Waals surface area contributed by atoms with Crippen molar-refractivity contribution in [3.8, 4) is 5.75 Å². The van der Waals surface area contributed by atoms with E-state index < -0.39 is 12.0 Å². The van der Waals surface area contributed by atoms with Crippen LogP contribution in [0.15, 0.2) is 18.2 Å². The van der Waals surface area contributed by atoms with Gasteiger partial charge in [0.05, 0.1) is 13.5 Å². The second-order valence-electron chi connectivity index (χ2n) is 4.85. The smallest absolute Gasteiger partial charge is 0.304 e. The van der Waals surface area contributed by atoms with E-state index in [0.29, 0.717) is 12.5 Å². The van der Waals surface area contributed by atoms with Crippen LogP contribution in [0.25, 0.3) is 0 Å². The lowest BCUT2D eigenvalue weighted by Crippen LogP contribution is -2.31.